The molecule has 2 aliphatic heterocycles. The number of carbonyl (C=O) groups excluding carboxylic acids is 1. The molecule has 1 amide bonds. The van der Waals surface area contributed by atoms with Crippen LogP contribution in [-0.2, 0) is 11.3 Å². The van der Waals surface area contributed by atoms with Gasteiger partial charge in [-0.25, -0.2) is 0 Å². The van der Waals surface area contributed by atoms with E-state index in [0.29, 0.717) is 24.2 Å². The zero-order valence-corrected chi connectivity index (χ0v) is 16.3. The average molecular weight is 364 g/mol. The fourth-order valence-electron chi connectivity index (χ4n) is 4.13. The summed E-state index contributed by atoms with van der Waals surface area (Å²) < 4.78 is 0. The van der Waals surface area contributed by atoms with Gasteiger partial charge in [-0.1, -0.05) is 13.0 Å². The van der Waals surface area contributed by atoms with Crippen LogP contribution in [0.4, 0.5) is 0 Å². The van der Waals surface area contributed by atoms with Crippen LogP contribution in [-0.4, -0.2) is 43.5 Å². The Morgan fingerprint density at radius 2 is 2.24 bits per heavy atom. The Morgan fingerprint density at radius 3 is 2.92 bits per heavy atom. The third-order valence-corrected chi connectivity index (χ3v) is 6.76. The van der Waals surface area contributed by atoms with Gasteiger partial charge in [0.1, 0.15) is 0 Å². The molecule has 0 saturated carbocycles. The van der Waals surface area contributed by atoms with Crippen LogP contribution in [0.1, 0.15) is 43.9 Å². The van der Waals surface area contributed by atoms with Crippen LogP contribution in [0.25, 0.3) is 0 Å². The first-order valence-electron chi connectivity index (χ1n) is 9.93. The number of nitrogens with zero attached hydrogens (tertiary/aromatic N) is 1. The van der Waals surface area contributed by atoms with Gasteiger partial charge in [0.15, 0.2) is 0 Å². The molecule has 2 unspecified atom stereocenters. The van der Waals surface area contributed by atoms with Crippen molar-refractivity contribution < 1.29 is 4.79 Å². The molecule has 0 aliphatic carbocycles. The van der Waals surface area contributed by atoms with E-state index in [4.69, 9.17) is 0 Å². The van der Waals surface area contributed by atoms with Crippen LogP contribution in [0.2, 0.25) is 0 Å². The molecule has 5 heteroatoms. The average Bonchev–Trinajstić information content (AvgIpc) is 3.15. The minimum absolute atomic E-state index is 0.249. The fraction of sp³-hybridized carbons (Fsp3) is 0.750. The van der Waals surface area contributed by atoms with Crippen LogP contribution in [0, 0.1) is 17.8 Å². The van der Waals surface area contributed by atoms with Gasteiger partial charge in [0.25, 0.3) is 0 Å². The van der Waals surface area contributed by atoms with Crippen LogP contribution in [0.5, 0.6) is 0 Å². The number of piperidine rings is 2. The zero-order chi connectivity index (χ0) is 17.5. The predicted octanol–water partition coefficient (Wildman–Crippen LogP) is 3.10. The van der Waals surface area contributed by atoms with Crippen LogP contribution >= 0.6 is 11.3 Å². The summed E-state index contributed by atoms with van der Waals surface area (Å²) in [6.45, 7) is 8.72. The quantitative estimate of drug-likeness (QED) is 0.782. The maximum absolute atomic E-state index is 12.3. The molecule has 3 rings (SSSR count). The lowest BCUT2D eigenvalue weighted by Crippen LogP contribution is -2.39. The number of hydrogen-bond acceptors (Lipinski definition) is 4. The van der Waals surface area contributed by atoms with E-state index in [2.05, 4.69) is 40.0 Å². The highest BCUT2D eigenvalue weighted by molar-refractivity contribution is 7.09. The first-order chi connectivity index (χ1) is 12.2. The minimum Gasteiger partial charge on any atom is -0.356 e. The monoisotopic (exact) mass is 363 g/mol. The van der Waals surface area contributed by atoms with Crippen molar-refractivity contribution >= 4 is 17.2 Å². The number of rotatable bonds is 7. The summed E-state index contributed by atoms with van der Waals surface area (Å²) in [7, 11) is 0. The Balaban J connectivity index is 1.30. The van der Waals surface area contributed by atoms with E-state index in [1.807, 2.05) is 11.3 Å². The number of hydrogen-bond donors (Lipinski definition) is 2. The van der Waals surface area contributed by atoms with E-state index in [0.717, 1.165) is 39.3 Å². The second-order valence-electron chi connectivity index (χ2n) is 7.89. The van der Waals surface area contributed by atoms with E-state index in [-0.39, 0.29) is 5.91 Å². The molecule has 1 aromatic rings. The Morgan fingerprint density at radius 1 is 1.40 bits per heavy atom. The number of carbonyl (C=O) groups is 1. The molecule has 2 N–H and O–H groups in total. The van der Waals surface area contributed by atoms with Crippen LogP contribution < -0.4 is 10.6 Å². The number of likely N-dealkylation sites (tertiary alicyclic amines) is 1. The molecule has 1 aromatic heterocycles. The predicted molar refractivity (Wildman–Crippen MR) is 105 cm³/mol. The van der Waals surface area contributed by atoms with Gasteiger partial charge in [-0.05, 0) is 81.1 Å². The van der Waals surface area contributed by atoms with Crippen molar-refractivity contribution in [2.24, 2.45) is 17.8 Å². The highest BCUT2D eigenvalue weighted by Crippen LogP contribution is 2.23. The number of thiophene rings is 1. The molecule has 0 spiro atoms. The van der Waals surface area contributed by atoms with E-state index < -0.39 is 0 Å². The fourth-order valence-corrected chi connectivity index (χ4v) is 4.87. The molecule has 3 heterocycles. The molecule has 25 heavy (non-hydrogen) atoms. The molecular formula is C20H33N3OS. The summed E-state index contributed by atoms with van der Waals surface area (Å²) in [6.07, 6.45) is 5.61. The topological polar surface area (TPSA) is 44.4 Å². The van der Waals surface area contributed by atoms with Crippen molar-refractivity contribution in [2.45, 2.75) is 45.6 Å². The lowest BCUT2D eigenvalue weighted by atomic mass is 9.85. The standard InChI is InChI=1S/C20H33N3OS/c1-16(18-4-2-8-21-14-18)12-20(24)22-13-17-6-9-23(10-7-17)15-19-5-3-11-25-19/h3,5,11,16-18,21H,2,4,6-10,12-15H2,1H3,(H,22,24). The highest BCUT2D eigenvalue weighted by Gasteiger charge is 2.23. The third-order valence-electron chi connectivity index (χ3n) is 5.90. The summed E-state index contributed by atoms with van der Waals surface area (Å²) in [5.41, 5.74) is 0. The molecule has 2 saturated heterocycles. The minimum atomic E-state index is 0.249. The van der Waals surface area contributed by atoms with Gasteiger partial charge in [-0.2, -0.15) is 0 Å². The Labute approximate surface area is 156 Å². The summed E-state index contributed by atoms with van der Waals surface area (Å²) >= 11 is 1.85. The van der Waals surface area contributed by atoms with Crippen molar-refractivity contribution in [1.82, 2.24) is 15.5 Å². The van der Waals surface area contributed by atoms with Crippen molar-refractivity contribution in [2.75, 3.05) is 32.7 Å². The van der Waals surface area contributed by atoms with Crippen molar-refractivity contribution in [3.05, 3.63) is 22.4 Å². The second kappa shape index (κ2) is 9.70. The Kier molecular flexibility index (Phi) is 7.32. The molecule has 2 aliphatic rings. The van der Waals surface area contributed by atoms with Gasteiger partial charge in [-0.3, -0.25) is 9.69 Å². The summed E-state index contributed by atoms with van der Waals surface area (Å²) in [6, 6.07) is 4.35. The van der Waals surface area contributed by atoms with Gasteiger partial charge in [0.2, 0.25) is 5.91 Å². The largest absolute Gasteiger partial charge is 0.356 e. The van der Waals surface area contributed by atoms with Crippen molar-refractivity contribution in [3.63, 3.8) is 0 Å². The van der Waals surface area contributed by atoms with Crippen LogP contribution in [0.3, 0.4) is 0 Å². The Bertz CT molecular complexity index is 505. The molecular weight excluding hydrogens is 330 g/mol. The highest BCUT2D eigenvalue weighted by atomic mass is 32.1. The maximum Gasteiger partial charge on any atom is 0.220 e. The lowest BCUT2D eigenvalue weighted by Gasteiger charge is -2.32. The molecule has 4 nitrogen and oxygen atoms in total. The number of amides is 1. The van der Waals surface area contributed by atoms with Gasteiger partial charge < -0.3 is 10.6 Å². The van der Waals surface area contributed by atoms with E-state index >= 15 is 0 Å². The van der Waals surface area contributed by atoms with Crippen LogP contribution in [0.15, 0.2) is 17.5 Å². The van der Waals surface area contributed by atoms with Gasteiger partial charge in [0, 0.05) is 24.4 Å². The molecule has 2 atom stereocenters. The van der Waals surface area contributed by atoms with Crippen molar-refractivity contribution in [1.29, 1.82) is 0 Å². The first-order valence-corrected chi connectivity index (χ1v) is 10.8. The van der Waals surface area contributed by atoms with Crippen molar-refractivity contribution in [3.8, 4) is 0 Å². The first kappa shape index (κ1) is 18.9. The molecule has 0 bridgehead atoms. The maximum atomic E-state index is 12.3. The third kappa shape index (κ3) is 6.08. The summed E-state index contributed by atoms with van der Waals surface area (Å²) in [5.74, 6) is 2.05. The second-order valence-corrected chi connectivity index (χ2v) is 8.92. The van der Waals surface area contributed by atoms with E-state index in [1.165, 1.54) is 30.6 Å². The van der Waals surface area contributed by atoms with Gasteiger partial charge in [-0.15, -0.1) is 11.3 Å². The molecule has 0 aromatic carbocycles. The van der Waals surface area contributed by atoms with E-state index in [1.54, 1.807) is 0 Å². The smallest absolute Gasteiger partial charge is 0.220 e. The zero-order valence-electron chi connectivity index (χ0n) is 15.5. The molecule has 2 fully saturated rings. The summed E-state index contributed by atoms with van der Waals surface area (Å²) in [5, 5.41) is 8.82. The lowest BCUT2D eigenvalue weighted by molar-refractivity contribution is -0.122. The SMILES string of the molecule is CC(CC(=O)NCC1CCN(Cc2cccs2)CC1)C1CCCNC1. The Hall–Kier alpha value is -0.910. The van der Waals surface area contributed by atoms with Gasteiger partial charge in [0.05, 0.1) is 0 Å². The normalized spacial score (nSPS) is 24.1. The molecule has 140 valence electrons. The van der Waals surface area contributed by atoms with Gasteiger partial charge >= 0.3 is 0 Å². The number of nitrogens with one attached hydrogen (secondary N) is 2. The molecule has 0 radical (unpaired) electrons. The van der Waals surface area contributed by atoms with E-state index in [9.17, 15) is 4.79 Å². The summed E-state index contributed by atoms with van der Waals surface area (Å²) in [4.78, 5) is 16.3.